The van der Waals surface area contributed by atoms with E-state index in [1.165, 1.54) is 19.3 Å². The highest BCUT2D eigenvalue weighted by Gasteiger charge is 1.97. The summed E-state index contributed by atoms with van der Waals surface area (Å²) in [6.07, 6.45) is 4.62. The standard InChI is InChI=1S/C11H17NO/c1-2-3-4-5-9-6-10(12)8-11(13)7-9/h6-8,13H,2-5,12H2,1H3. The molecule has 1 rings (SSSR count). The summed E-state index contributed by atoms with van der Waals surface area (Å²) in [5, 5.41) is 9.27. The molecule has 0 aliphatic heterocycles. The second-order valence-corrected chi connectivity index (χ2v) is 3.39. The van der Waals surface area contributed by atoms with Gasteiger partial charge in [0, 0.05) is 11.8 Å². The smallest absolute Gasteiger partial charge is 0.117 e. The molecule has 0 spiro atoms. The lowest BCUT2D eigenvalue weighted by Gasteiger charge is -2.03. The van der Waals surface area contributed by atoms with Crippen molar-refractivity contribution in [2.75, 3.05) is 5.73 Å². The predicted molar refractivity (Wildman–Crippen MR) is 55.7 cm³/mol. The molecule has 72 valence electrons. The van der Waals surface area contributed by atoms with Gasteiger partial charge < -0.3 is 10.8 Å². The Bertz CT molecular complexity index is 251. The Hall–Kier alpha value is -1.18. The molecule has 0 unspecified atom stereocenters. The van der Waals surface area contributed by atoms with Crippen LogP contribution < -0.4 is 5.73 Å². The van der Waals surface area contributed by atoms with E-state index in [0.717, 1.165) is 12.0 Å². The highest BCUT2D eigenvalue weighted by molar-refractivity contribution is 5.46. The van der Waals surface area contributed by atoms with Crippen LogP contribution in [0.3, 0.4) is 0 Å². The number of nitrogen functional groups attached to an aromatic ring is 1. The van der Waals surface area contributed by atoms with Crippen molar-refractivity contribution in [3.8, 4) is 5.75 Å². The number of nitrogens with two attached hydrogens (primary N) is 1. The molecule has 0 aliphatic carbocycles. The van der Waals surface area contributed by atoms with Gasteiger partial charge >= 0.3 is 0 Å². The summed E-state index contributed by atoms with van der Waals surface area (Å²) in [6, 6.07) is 5.28. The zero-order valence-corrected chi connectivity index (χ0v) is 8.09. The van der Waals surface area contributed by atoms with E-state index in [0.29, 0.717) is 5.69 Å². The molecule has 0 aliphatic rings. The van der Waals surface area contributed by atoms with E-state index in [2.05, 4.69) is 6.92 Å². The SMILES string of the molecule is CCCCCc1cc(N)cc(O)c1. The number of unbranched alkanes of at least 4 members (excludes halogenated alkanes) is 2. The molecule has 0 fully saturated rings. The highest BCUT2D eigenvalue weighted by Crippen LogP contribution is 2.18. The van der Waals surface area contributed by atoms with Crippen LogP contribution in [0.2, 0.25) is 0 Å². The van der Waals surface area contributed by atoms with E-state index >= 15 is 0 Å². The van der Waals surface area contributed by atoms with Crippen LogP contribution in [-0.2, 0) is 6.42 Å². The number of phenolic OH excluding ortho intramolecular Hbond substituents is 1. The summed E-state index contributed by atoms with van der Waals surface area (Å²) in [6.45, 7) is 2.18. The molecule has 1 aromatic carbocycles. The van der Waals surface area contributed by atoms with Crippen LogP contribution >= 0.6 is 0 Å². The summed E-state index contributed by atoms with van der Waals surface area (Å²) in [5.74, 6) is 0.270. The topological polar surface area (TPSA) is 46.2 Å². The Morgan fingerprint density at radius 2 is 2.00 bits per heavy atom. The summed E-state index contributed by atoms with van der Waals surface area (Å²) < 4.78 is 0. The third kappa shape index (κ3) is 3.36. The molecule has 1 aromatic rings. The average Bonchev–Trinajstić information content (AvgIpc) is 2.03. The summed E-state index contributed by atoms with van der Waals surface area (Å²) in [5.41, 5.74) is 7.38. The second-order valence-electron chi connectivity index (χ2n) is 3.39. The molecule has 13 heavy (non-hydrogen) atoms. The molecule has 0 heterocycles. The third-order valence-electron chi connectivity index (χ3n) is 2.07. The van der Waals surface area contributed by atoms with Crippen LogP contribution in [0.4, 0.5) is 5.69 Å². The number of hydrogen-bond acceptors (Lipinski definition) is 2. The first-order chi connectivity index (χ1) is 6.22. The monoisotopic (exact) mass is 179 g/mol. The number of hydrogen-bond donors (Lipinski definition) is 2. The fourth-order valence-corrected chi connectivity index (χ4v) is 1.42. The van der Waals surface area contributed by atoms with Crippen molar-refractivity contribution in [1.29, 1.82) is 0 Å². The fraction of sp³-hybridized carbons (Fsp3) is 0.455. The van der Waals surface area contributed by atoms with Gasteiger partial charge in [-0.15, -0.1) is 0 Å². The predicted octanol–water partition coefficient (Wildman–Crippen LogP) is 2.71. The van der Waals surface area contributed by atoms with E-state index in [4.69, 9.17) is 5.73 Å². The molecular weight excluding hydrogens is 162 g/mol. The Labute approximate surface area is 79.4 Å². The molecule has 0 amide bonds. The maximum atomic E-state index is 9.27. The van der Waals surface area contributed by atoms with Gasteiger partial charge in [0.2, 0.25) is 0 Å². The van der Waals surface area contributed by atoms with Gasteiger partial charge in [-0.3, -0.25) is 0 Å². The summed E-state index contributed by atoms with van der Waals surface area (Å²) >= 11 is 0. The Balaban J connectivity index is 2.56. The third-order valence-corrected chi connectivity index (χ3v) is 2.07. The summed E-state index contributed by atoms with van der Waals surface area (Å²) in [4.78, 5) is 0. The van der Waals surface area contributed by atoms with Crippen LogP contribution in [0.15, 0.2) is 18.2 Å². The first kappa shape index (κ1) is 9.90. The zero-order chi connectivity index (χ0) is 9.68. The molecule has 2 nitrogen and oxygen atoms in total. The van der Waals surface area contributed by atoms with Gasteiger partial charge in [0.1, 0.15) is 5.75 Å². The van der Waals surface area contributed by atoms with Crippen molar-refractivity contribution in [2.45, 2.75) is 32.6 Å². The molecule has 0 bridgehead atoms. The molecule has 0 atom stereocenters. The van der Waals surface area contributed by atoms with Crippen molar-refractivity contribution >= 4 is 5.69 Å². The Morgan fingerprint density at radius 1 is 1.23 bits per heavy atom. The van der Waals surface area contributed by atoms with Crippen LogP contribution in [0, 0.1) is 0 Å². The van der Waals surface area contributed by atoms with Crippen molar-refractivity contribution < 1.29 is 5.11 Å². The molecule has 2 heteroatoms. The lowest BCUT2D eigenvalue weighted by molar-refractivity contribution is 0.474. The largest absolute Gasteiger partial charge is 0.508 e. The number of phenols is 1. The van der Waals surface area contributed by atoms with Crippen LogP contribution in [0.25, 0.3) is 0 Å². The van der Waals surface area contributed by atoms with Gasteiger partial charge in [0.15, 0.2) is 0 Å². The first-order valence-corrected chi connectivity index (χ1v) is 4.80. The second kappa shape index (κ2) is 4.75. The van der Waals surface area contributed by atoms with E-state index in [1.54, 1.807) is 12.1 Å². The highest BCUT2D eigenvalue weighted by atomic mass is 16.3. The first-order valence-electron chi connectivity index (χ1n) is 4.80. The Morgan fingerprint density at radius 3 is 2.62 bits per heavy atom. The van der Waals surface area contributed by atoms with E-state index in [1.807, 2.05) is 6.07 Å². The molecule has 0 radical (unpaired) electrons. The van der Waals surface area contributed by atoms with Crippen molar-refractivity contribution in [3.63, 3.8) is 0 Å². The number of aryl methyl sites for hydroxylation is 1. The van der Waals surface area contributed by atoms with Crippen molar-refractivity contribution in [2.24, 2.45) is 0 Å². The number of aromatic hydroxyl groups is 1. The van der Waals surface area contributed by atoms with Crippen LogP contribution in [0.5, 0.6) is 5.75 Å². The lowest BCUT2D eigenvalue weighted by atomic mass is 10.1. The van der Waals surface area contributed by atoms with Gasteiger partial charge in [-0.1, -0.05) is 19.8 Å². The fourth-order valence-electron chi connectivity index (χ4n) is 1.42. The van der Waals surface area contributed by atoms with Gasteiger partial charge in [0.05, 0.1) is 0 Å². The average molecular weight is 179 g/mol. The van der Waals surface area contributed by atoms with E-state index in [-0.39, 0.29) is 5.75 Å². The molecular formula is C11H17NO. The maximum absolute atomic E-state index is 9.27. The van der Waals surface area contributed by atoms with Crippen molar-refractivity contribution in [1.82, 2.24) is 0 Å². The van der Waals surface area contributed by atoms with E-state index < -0.39 is 0 Å². The van der Waals surface area contributed by atoms with Crippen LogP contribution in [-0.4, -0.2) is 5.11 Å². The number of rotatable bonds is 4. The van der Waals surface area contributed by atoms with Gasteiger partial charge in [0.25, 0.3) is 0 Å². The van der Waals surface area contributed by atoms with Gasteiger partial charge in [-0.2, -0.15) is 0 Å². The molecule has 0 saturated heterocycles. The van der Waals surface area contributed by atoms with Crippen molar-refractivity contribution in [3.05, 3.63) is 23.8 Å². The maximum Gasteiger partial charge on any atom is 0.117 e. The zero-order valence-electron chi connectivity index (χ0n) is 8.09. The van der Waals surface area contributed by atoms with Crippen LogP contribution in [0.1, 0.15) is 31.7 Å². The minimum Gasteiger partial charge on any atom is -0.508 e. The number of benzene rings is 1. The minimum atomic E-state index is 0.270. The quantitative estimate of drug-likeness (QED) is 0.551. The lowest BCUT2D eigenvalue weighted by Crippen LogP contribution is -1.89. The minimum absolute atomic E-state index is 0.270. The molecule has 3 N–H and O–H groups in total. The Kier molecular flexibility index (Phi) is 3.62. The van der Waals surface area contributed by atoms with Gasteiger partial charge in [-0.25, -0.2) is 0 Å². The van der Waals surface area contributed by atoms with Gasteiger partial charge in [-0.05, 0) is 30.5 Å². The number of anilines is 1. The normalized spacial score (nSPS) is 10.2. The van der Waals surface area contributed by atoms with E-state index in [9.17, 15) is 5.11 Å². The molecule has 0 aromatic heterocycles. The summed E-state index contributed by atoms with van der Waals surface area (Å²) in [7, 11) is 0. The molecule has 0 saturated carbocycles.